The molecule has 106 valence electrons. The summed E-state index contributed by atoms with van der Waals surface area (Å²) in [6, 6.07) is 3.85. The predicted octanol–water partition coefficient (Wildman–Crippen LogP) is 2.97. The van der Waals surface area contributed by atoms with Gasteiger partial charge < -0.3 is 5.11 Å². The molecule has 2 rings (SSSR count). The van der Waals surface area contributed by atoms with Gasteiger partial charge in [0.2, 0.25) is 0 Å². The van der Waals surface area contributed by atoms with Gasteiger partial charge in [0.15, 0.2) is 0 Å². The van der Waals surface area contributed by atoms with Gasteiger partial charge in [-0.15, -0.1) is 0 Å². The fourth-order valence-electron chi connectivity index (χ4n) is 2.43. The monoisotopic (exact) mass is 273 g/mol. The van der Waals surface area contributed by atoms with E-state index in [-0.39, 0.29) is 6.10 Å². The topological polar surface area (TPSA) is 23.5 Å². The van der Waals surface area contributed by atoms with Crippen LogP contribution in [-0.2, 0) is 12.7 Å². The van der Waals surface area contributed by atoms with E-state index in [1.54, 1.807) is 0 Å². The van der Waals surface area contributed by atoms with Gasteiger partial charge in [-0.25, -0.2) is 0 Å². The highest BCUT2D eigenvalue weighted by molar-refractivity contribution is 5.32. The van der Waals surface area contributed by atoms with Gasteiger partial charge >= 0.3 is 6.18 Å². The molecule has 1 N–H and O–H groups in total. The number of aliphatic hydroxyl groups is 1. The lowest BCUT2D eigenvalue weighted by molar-refractivity contribution is -0.137. The predicted molar refractivity (Wildman–Crippen MR) is 66.7 cm³/mol. The van der Waals surface area contributed by atoms with Crippen LogP contribution in [0.5, 0.6) is 0 Å². The molecule has 1 aliphatic rings. The zero-order valence-electron chi connectivity index (χ0n) is 10.9. The van der Waals surface area contributed by atoms with E-state index in [2.05, 4.69) is 0 Å². The van der Waals surface area contributed by atoms with Crippen LogP contribution < -0.4 is 0 Å². The van der Waals surface area contributed by atoms with Gasteiger partial charge in [-0.1, -0.05) is 6.07 Å². The van der Waals surface area contributed by atoms with Crippen molar-refractivity contribution in [1.82, 2.24) is 4.90 Å². The second-order valence-corrected chi connectivity index (χ2v) is 5.17. The first-order chi connectivity index (χ1) is 8.86. The summed E-state index contributed by atoms with van der Waals surface area (Å²) < 4.78 is 38.1. The Hall–Kier alpha value is -1.07. The molecule has 2 nitrogen and oxygen atoms in total. The minimum Gasteiger partial charge on any atom is -0.392 e. The van der Waals surface area contributed by atoms with Crippen molar-refractivity contribution in [2.45, 2.75) is 38.6 Å². The van der Waals surface area contributed by atoms with Crippen molar-refractivity contribution >= 4 is 0 Å². The van der Waals surface area contributed by atoms with Gasteiger partial charge in [0.25, 0.3) is 0 Å². The molecule has 0 bridgehead atoms. The lowest BCUT2D eigenvalue weighted by Crippen LogP contribution is -2.37. The first kappa shape index (κ1) is 14.3. The van der Waals surface area contributed by atoms with Crippen molar-refractivity contribution < 1.29 is 18.3 Å². The molecule has 1 aromatic carbocycles. The van der Waals surface area contributed by atoms with Crippen molar-refractivity contribution in [1.29, 1.82) is 0 Å². The summed E-state index contributed by atoms with van der Waals surface area (Å²) in [7, 11) is 0. The highest BCUT2D eigenvalue weighted by atomic mass is 19.4. The maximum Gasteiger partial charge on any atom is 0.416 e. The number of hydrogen-bond acceptors (Lipinski definition) is 2. The summed E-state index contributed by atoms with van der Waals surface area (Å²) in [6.07, 6.45) is -3.00. The molecule has 0 spiro atoms. The fraction of sp³-hybridized carbons (Fsp3) is 0.571. The normalized spacial score (nSPS) is 21.6. The van der Waals surface area contributed by atoms with E-state index in [0.717, 1.165) is 31.0 Å². The lowest BCUT2D eigenvalue weighted by Gasteiger charge is -2.30. The molecule has 19 heavy (non-hydrogen) atoms. The highest BCUT2D eigenvalue weighted by Crippen LogP contribution is 2.31. The van der Waals surface area contributed by atoms with E-state index in [1.807, 2.05) is 11.8 Å². The van der Waals surface area contributed by atoms with Gasteiger partial charge in [-0.3, -0.25) is 4.90 Å². The maximum absolute atomic E-state index is 12.7. The van der Waals surface area contributed by atoms with Crippen LogP contribution in [0.2, 0.25) is 0 Å². The number of hydrogen-bond donors (Lipinski definition) is 1. The fourth-order valence-corrected chi connectivity index (χ4v) is 2.43. The minimum absolute atomic E-state index is 0.361. The summed E-state index contributed by atoms with van der Waals surface area (Å²) in [5.41, 5.74) is 0.933. The third kappa shape index (κ3) is 3.70. The van der Waals surface area contributed by atoms with Crippen LogP contribution in [-0.4, -0.2) is 29.2 Å². The van der Waals surface area contributed by atoms with Crippen LogP contribution in [0.15, 0.2) is 18.2 Å². The first-order valence-corrected chi connectivity index (χ1v) is 6.43. The van der Waals surface area contributed by atoms with E-state index in [4.69, 9.17) is 0 Å². The lowest BCUT2D eigenvalue weighted by atomic mass is 10.0. The van der Waals surface area contributed by atoms with Gasteiger partial charge in [0.1, 0.15) is 0 Å². The van der Waals surface area contributed by atoms with E-state index in [9.17, 15) is 18.3 Å². The van der Waals surface area contributed by atoms with E-state index < -0.39 is 11.7 Å². The van der Waals surface area contributed by atoms with Gasteiger partial charge in [0, 0.05) is 13.1 Å². The molecule has 1 fully saturated rings. The standard InChI is InChI=1S/C14H18F3NO/c1-10-4-5-12(14(15,16)17)7-11(10)8-18-6-2-3-13(19)9-18/h4-5,7,13,19H,2-3,6,8-9H2,1H3/t13-/m0/s1. The second-order valence-electron chi connectivity index (χ2n) is 5.17. The molecule has 0 radical (unpaired) electrons. The van der Waals surface area contributed by atoms with Crippen molar-refractivity contribution in [2.24, 2.45) is 0 Å². The number of rotatable bonds is 2. The molecule has 1 saturated heterocycles. The second kappa shape index (κ2) is 5.51. The number of β-amino-alcohol motifs (C(OH)–C–C–N with tert-alkyl or cyclic N) is 1. The molecule has 1 aliphatic heterocycles. The molecule has 0 saturated carbocycles. The minimum atomic E-state index is -4.30. The molecule has 5 heteroatoms. The molecule has 0 aliphatic carbocycles. The number of likely N-dealkylation sites (tertiary alicyclic amines) is 1. The SMILES string of the molecule is Cc1ccc(C(F)(F)F)cc1CN1CCC[C@H](O)C1. The van der Waals surface area contributed by atoms with E-state index >= 15 is 0 Å². The van der Waals surface area contributed by atoms with Crippen molar-refractivity contribution in [3.05, 3.63) is 34.9 Å². The Morgan fingerprint density at radius 3 is 2.74 bits per heavy atom. The molecular formula is C14H18F3NO. The van der Waals surface area contributed by atoms with E-state index in [1.165, 1.54) is 12.1 Å². The smallest absolute Gasteiger partial charge is 0.392 e. The molecule has 1 heterocycles. The number of alkyl halides is 3. The third-order valence-electron chi connectivity index (χ3n) is 3.55. The molecule has 0 amide bonds. The summed E-state index contributed by atoms with van der Waals surface area (Å²) in [5, 5.41) is 9.59. The molecule has 0 unspecified atom stereocenters. The van der Waals surface area contributed by atoms with Crippen LogP contribution >= 0.6 is 0 Å². The van der Waals surface area contributed by atoms with Gasteiger partial charge in [-0.05, 0) is 49.6 Å². The molecule has 1 atom stereocenters. The summed E-state index contributed by atoms with van der Waals surface area (Å²) in [4.78, 5) is 2.01. The van der Waals surface area contributed by atoms with Crippen molar-refractivity contribution in [3.63, 3.8) is 0 Å². The average Bonchev–Trinajstić information content (AvgIpc) is 2.30. The Morgan fingerprint density at radius 2 is 2.11 bits per heavy atom. The number of halogens is 3. The molecule has 1 aromatic rings. The zero-order chi connectivity index (χ0) is 14.0. The largest absolute Gasteiger partial charge is 0.416 e. The van der Waals surface area contributed by atoms with Gasteiger partial charge in [0.05, 0.1) is 11.7 Å². The first-order valence-electron chi connectivity index (χ1n) is 6.43. The van der Waals surface area contributed by atoms with Crippen LogP contribution in [0.1, 0.15) is 29.5 Å². The molecule has 0 aromatic heterocycles. The quantitative estimate of drug-likeness (QED) is 0.895. The van der Waals surface area contributed by atoms with Gasteiger partial charge in [-0.2, -0.15) is 13.2 Å². The Morgan fingerprint density at radius 1 is 1.37 bits per heavy atom. The Bertz CT molecular complexity index is 445. The number of aryl methyl sites for hydroxylation is 1. The number of piperidine rings is 1. The molecular weight excluding hydrogens is 255 g/mol. The number of aliphatic hydroxyl groups excluding tert-OH is 1. The third-order valence-corrected chi connectivity index (χ3v) is 3.55. The van der Waals surface area contributed by atoms with Crippen LogP contribution in [0.3, 0.4) is 0 Å². The summed E-state index contributed by atoms with van der Waals surface area (Å²) in [5.74, 6) is 0. The van der Waals surface area contributed by atoms with Crippen LogP contribution in [0, 0.1) is 6.92 Å². The van der Waals surface area contributed by atoms with E-state index in [0.29, 0.717) is 18.7 Å². The Labute approximate surface area is 110 Å². The Kier molecular flexibility index (Phi) is 4.16. The number of nitrogens with zero attached hydrogens (tertiary/aromatic N) is 1. The summed E-state index contributed by atoms with van der Waals surface area (Å²) >= 11 is 0. The zero-order valence-corrected chi connectivity index (χ0v) is 10.9. The summed E-state index contributed by atoms with van der Waals surface area (Å²) in [6.45, 7) is 3.64. The number of benzene rings is 1. The average molecular weight is 273 g/mol. The van der Waals surface area contributed by atoms with Crippen LogP contribution in [0.4, 0.5) is 13.2 Å². The Balaban J connectivity index is 2.15. The van der Waals surface area contributed by atoms with Crippen molar-refractivity contribution in [2.75, 3.05) is 13.1 Å². The van der Waals surface area contributed by atoms with Crippen molar-refractivity contribution in [3.8, 4) is 0 Å². The maximum atomic E-state index is 12.7. The van der Waals surface area contributed by atoms with Crippen LogP contribution in [0.25, 0.3) is 0 Å². The highest BCUT2D eigenvalue weighted by Gasteiger charge is 2.31.